The van der Waals surface area contributed by atoms with E-state index in [1.807, 2.05) is 24.5 Å². The summed E-state index contributed by atoms with van der Waals surface area (Å²) < 4.78 is 5.65. The Labute approximate surface area is 163 Å². The summed E-state index contributed by atoms with van der Waals surface area (Å²) in [5.41, 5.74) is 8.38. The summed E-state index contributed by atoms with van der Waals surface area (Å²) in [5, 5.41) is 2.87. The van der Waals surface area contributed by atoms with Crippen LogP contribution in [0.3, 0.4) is 0 Å². The van der Waals surface area contributed by atoms with Crippen molar-refractivity contribution in [3.05, 3.63) is 24.0 Å². The van der Waals surface area contributed by atoms with Crippen LogP contribution in [0.4, 0.5) is 5.69 Å². The molecular weight excluding hydrogens is 383 g/mol. The van der Waals surface area contributed by atoms with Gasteiger partial charge in [0, 0.05) is 12.3 Å². The number of carbonyl (C=O) groups is 1. The van der Waals surface area contributed by atoms with Crippen LogP contribution in [0.5, 0.6) is 0 Å². The minimum atomic E-state index is -0.484. The fourth-order valence-electron chi connectivity index (χ4n) is 2.66. The summed E-state index contributed by atoms with van der Waals surface area (Å²) in [4.78, 5) is 19.9. The summed E-state index contributed by atoms with van der Waals surface area (Å²) in [6.07, 6.45) is 4.79. The fraction of sp³-hybridized carbons (Fsp3) is 0.500. The van der Waals surface area contributed by atoms with Crippen molar-refractivity contribution in [2.45, 2.75) is 31.4 Å². The molecule has 3 rings (SSSR count). The molecule has 0 aliphatic carbocycles. The van der Waals surface area contributed by atoms with Crippen LogP contribution in [-0.2, 0) is 9.53 Å². The molecule has 1 aliphatic heterocycles. The Morgan fingerprint density at radius 2 is 2.32 bits per heavy atom. The van der Waals surface area contributed by atoms with Gasteiger partial charge < -0.3 is 20.8 Å². The highest BCUT2D eigenvalue weighted by atomic mass is 35.5. The third-order valence-electron chi connectivity index (χ3n) is 3.97. The van der Waals surface area contributed by atoms with Gasteiger partial charge in [0.25, 0.3) is 0 Å². The number of aromatic nitrogens is 2. The average Bonchev–Trinajstić information content (AvgIpc) is 3.20. The molecule has 9 heteroatoms. The number of amides is 1. The van der Waals surface area contributed by atoms with Gasteiger partial charge >= 0.3 is 0 Å². The Bertz CT molecular complexity index is 692. The van der Waals surface area contributed by atoms with Crippen molar-refractivity contribution in [3.8, 4) is 0 Å². The Morgan fingerprint density at radius 3 is 3.00 bits per heavy atom. The maximum absolute atomic E-state index is 12.1. The molecule has 2 atom stereocenters. The zero-order chi connectivity index (χ0) is 16.2. The zero-order valence-corrected chi connectivity index (χ0v) is 16.4. The highest BCUT2D eigenvalue weighted by molar-refractivity contribution is 7.98. The number of nitrogens with two attached hydrogens (primary N) is 1. The molecule has 1 amide bonds. The van der Waals surface area contributed by atoms with Crippen molar-refractivity contribution < 1.29 is 9.53 Å². The van der Waals surface area contributed by atoms with Crippen molar-refractivity contribution in [3.63, 3.8) is 0 Å². The van der Waals surface area contributed by atoms with Crippen LogP contribution in [0.1, 0.15) is 31.2 Å². The number of halogens is 2. The van der Waals surface area contributed by atoms with Crippen LogP contribution >= 0.6 is 36.6 Å². The van der Waals surface area contributed by atoms with Crippen LogP contribution < -0.4 is 11.1 Å². The normalized spacial score (nSPS) is 17.6. The molecule has 2 aromatic rings. The minimum Gasteiger partial charge on any atom is -0.370 e. The van der Waals surface area contributed by atoms with E-state index in [1.165, 1.54) is 0 Å². The van der Waals surface area contributed by atoms with Gasteiger partial charge in [-0.1, -0.05) is 0 Å². The zero-order valence-electron chi connectivity index (χ0n) is 14.0. The molecule has 140 valence electrons. The van der Waals surface area contributed by atoms with E-state index in [0.717, 1.165) is 47.7 Å². The van der Waals surface area contributed by atoms with Crippen molar-refractivity contribution in [2.24, 2.45) is 5.73 Å². The molecule has 6 nitrogen and oxygen atoms in total. The quantitative estimate of drug-likeness (QED) is 0.684. The maximum atomic E-state index is 12.1. The molecule has 0 spiro atoms. The van der Waals surface area contributed by atoms with Crippen LogP contribution in [0, 0.1) is 0 Å². The molecule has 0 saturated carbocycles. The van der Waals surface area contributed by atoms with Gasteiger partial charge in [-0.3, -0.25) is 4.79 Å². The van der Waals surface area contributed by atoms with Crippen molar-refractivity contribution in [2.75, 3.05) is 23.9 Å². The van der Waals surface area contributed by atoms with Gasteiger partial charge in [0.1, 0.15) is 11.9 Å². The lowest BCUT2D eigenvalue weighted by Crippen LogP contribution is -2.36. The number of thioether (sulfide) groups is 1. The molecule has 0 radical (unpaired) electrons. The number of H-pyrrole nitrogens is 1. The van der Waals surface area contributed by atoms with Crippen LogP contribution in [-0.4, -0.2) is 40.5 Å². The number of carbonyl (C=O) groups excluding carboxylic acids is 1. The summed E-state index contributed by atoms with van der Waals surface area (Å²) in [6.45, 7) is 0.789. The van der Waals surface area contributed by atoms with Gasteiger partial charge in [-0.2, -0.15) is 11.8 Å². The summed E-state index contributed by atoms with van der Waals surface area (Å²) in [5.74, 6) is 1.58. The highest BCUT2D eigenvalue weighted by Gasteiger charge is 2.21. The Morgan fingerprint density at radius 1 is 1.52 bits per heavy atom. The first kappa shape index (κ1) is 22.1. The van der Waals surface area contributed by atoms with Crippen molar-refractivity contribution in [1.29, 1.82) is 0 Å². The van der Waals surface area contributed by atoms with Gasteiger partial charge in [-0.15, -0.1) is 24.8 Å². The van der Waals surface area contributed by atoms with Crippen molar-refractivity contribution >= 4 is 59.2 Å². The Kier molecular flexibility index (Phi) is 9.02. The third-order valence-corrected chi connectivity index (χ3v) is 4.62. The molecular formula is C16H24Cl2N4O2S. The smallest absolute Gasteiger partial charge is 0.241 e. The van der Waals surface area contributed by atoms with Crippen LogP contribution in [0.25, 0.3) is 11.0 Å². The topological polar surface area (TPSA) is 93.0 Å². The van der Waals surface area contributed by atoms with E-state index in [-0.39, 0.29) is 36.8 Å². The molecule has 2 heterocycles. The van der Waals surface area contributed by atoms with E-state index in [1.54, 1.807) is 11.8 Å². The van der Waals surface area contributed by atoms with Gasteiger partial charge in [-0.25, -0.2) is 4.98 Å². The van der Waals surface area contributed by atoms with E-state index >= 15 is 0 Å². The minimum absolute atomic E-state index is 0. The number of aromatic amines is 1. The van der Waals surface area contributed by atoms with E-state index in [4.69, 9.17) is 10.5 Å². The number of nitrogens with zero attached hydrogens (tertiary/aromatic N) is 1. The molecule has 0 bridgehead atoms. The lowest BCUT2D eigenvalue weighted by atomic mass is 10.2. The Hall–Kier alpha value is -0.990. The third kappa shape index (κ3) is 5.49. The fourth-order valence-corrected chi connectivity index (χ4v) is 3.15. The lowest BCUT2D eigenvalue weighted by Gasteiger charge is -2.11. The van der Waals surface area contributed by atoms with Gasteiger partial charge in [0.05, 0.1) is 17.1 Å². The molecule has 4 N–H and O–H groups in total. The second kappa shape index (κ2) is 10.2. The number of ether oxygens (including phenoxy) is 1. The van der Waals surface area contributed by atoms with Crippen LogP contribution in [0.2, 0.25) is 0 Å². The first-order valence-corrected chi connectivity index (χ1v) is 9.23. The van der Waals surface area contributed by atoms with Gasteiger partial charge in [0.15, 0.2) is 0 Å². The largest absolute Gasteiger partial charge is 0.370 e. The predicted molar refractivity (Wildman–Crippen MR) is 108 cm³/mol. The SMILES string of the molecule is CSCC[C@H](N)C(=O)Nc1ccc2nc(C3CCCO3)[nH]c2c1.Cl.Cl. The second-order valence-corrected chi connectivity index (χ2v) is 6.72. The number of fused-ring (bicyclic) bond motifs is 1. The highest BCUT2D eigenvalue weighted by Crippen LogP contribution is 2.28. The maximum Gasteiger partial charge on any atom is 0.241 e. The first-order valence-electron chi connectivity index (χ1n) is 7.84. The first-order chi connectivity index (χ1) is 11.2. The Balaban J connectivity index is 0.00000156. The molecule has 1 saturated heterocycles. The number of anilines is 1. The van der Waals surface area contributed by atoms with Crippen LogP contribution in [0.15, 0.2) is 18.2 Å². The number of nitrogens with one attached hydrogen (secondary N) is 2. The number of benzene rings is 1. The molecule has 25 heavy (non-hydrogen) atoms. The predicted octanol–water partition coefficient (Wildman–Crippen LogP) is 3.28. The monoisotopic (exact) mass is 406 g/mol. The standard InChI is InChI=1S/C16H22N4O2S.2ClH/c1-23-8-6-11(17)16(21)18-10-4-5-12-13(9-10)20-15(19-12)14-3-2-7-22-14;;/h4-5,9,11,14H,2-3,6-8,17H2,1H3,(H,18,21)(H,19,20);2*1H/t11-,14?;;/m0../s1. The number of imidazole rings is 1. The summed E-state index contributed by atoms with van der Waals surface area (Å²) >= 11 is 1.69. The second-order valence-electron chi connectivity index (χ2n) is 5.73. The molecule has 1 aliphatic rings. The number of hydrogen-bond acceptors (Lipinski definition) is 5. The van der Waals surface area contributed by atoms with Crippen molar-refractivity contribution in [1.82, 2.24) is 9.97 Å². The number of hydrogen-bond donors (Lipinski definition) is 3. The van der Waals surface area contributed by atoms with E-state index < -0.39 is 6.04 Å². The van der Waals surface area contributed by atoms with Gasteiger partial charge in [-0.05, 0) is 49.5 Å². The van der Waals surface area contributed by atoms with Gasteiger partial charge in [0.2, 0.25) is 5.91 Å². The lowest BCUT2D eigenvalue weighted by molar-refractivity contribution is -0.117. The van der Waals surface area contributed by atoms with E-state index in [0.29, 0.717) is 6.42 Å². The molecule has 1 unspecified atom stereocenters. The van der Waals surface area contributed by atoms with E-state index in [9.17, 15) is 4.79 Å². The summed E-state index contributed by atoms with van der Waals surface area (Å²) in [6, 6.07) is 5.15. The summed E-state index contributed by atoms with van der Waals surface area (Å²) in [7, 11) is 0. The van der Waals surface area contributed by atoms with E-state index in [2.05, 4.69) is 15.3 Å². The molecule has 1 aromatic heterocycles. The number of rotatable bonds is 6. The molecule has 1 aromatic carbocycles. The average molecular weight is 407 g/mol. The molecule has 1 fully saturated rings.